The molecule has 1 aliphatic heterocycles. The lowest BCUT2D eigenvalue weighted by Gasteiger charge is -2.13. The second-order valence-electron chi connectivity index (χ2n) is 10.8. The van der Waals surface area contributed by atoms with Crippen molar-refractivity contribution in [2.24, 2.45) is 0 Å². The van der Waals surface area contributed by atoms with E-state index in [2.05, 4.69) is 102 Å². The Morgan fingerprint density at radius 1 is 0.769 bits per heavy atom. The first-order valence-corrected chi connectivity index (χ1v) is 14.2. The summed E-state index contributed by atoms with van der Waals surface area (Å²) < 4.78 is 1.97. The molecule has 3 aromatic carbocycles. The molecule has 3 heterocycles. The van der Waals surface area contributed by atoms with Crippen LogP contribution in [0.4, 0.5) is 5.69 Å². The number of nitrogens with zero attached hydrogens (tertiary/aromatic N) is 4. The molecule has 0 amide bonds. The first-order chi connectivity index (χ1) is 19.2. The van der Waals surface area contributed by atoms with Gasteiger partial charge in [-0.1, -0.05) is 72.3 Å². The number of hydrogen-bond acceptors (Lipinski definition) is 4. The fourth-order valence-corrected chi connectivity index (χ4v) is 5.43. The molecule has 5 heteroatoms. The predicted molar refractivity (Wildman–Crippen MR) is 160 cm³/mol. The number of aryl methyl sites for hydroxylation is 2. The summed E-state index contributed by atoms with van der Waals surface area (Å²) in [6.45, 7) is 6.71. The van der Waals surface area contributed by atoms with Crippen LogP contribution in [0.5, 0.6) is 0 Å². The third kappa shape index (κ3) is 6.37. The first-order valence-electron chi connectivity index (χ1n) is 14.2. The largest absolute Gasteiger partial charge is 0.381 e. The van der Waals surface area contributed by atoms with Crippen LogP contribution in [0.3, 0.4) is 0 Å². The maximum absolute atomic E-state index is 4.89. The molecule has 0 radical (unpaired) electrons. The van der Waals surface area contributed by atoms with Gasteiger partial charge in [-0.25, -0.2) is 9.50 Å². The van der Waals surface area contributed by atoms with Gasteiger partial charge in [0.05, 0.1) is 5.69 Å². The van der Waals surface area contributed by atoms with E-state index in [0.29, 0.717) is 0 Å². The van der Waals surface area contributed by atoms with Crippen LogP contribution in [0.1, 0.15) is 47.3 Å². The van der Waals surface area contributed by atoms with Crippen LogP contribution in [0.15, 0.2) is 91.0 Å². The lowest BCUT2D eigenvalue weighted by atomic mass is 10.1. The lowest BCUT2D eigenvalue weighted by molar-refractivity contribution is 0.334. The molecular weight excluding hydrogens is 478 g/mol. The third-order valence-electron chi connectivity index (χ3n) is 7.73. The highest BCUT2D eigenvalue weighted by atomic mass is 15.3. The highest BCUT2D eigenvalue weighted by molar-refractivity contribution is 5.65. The minimum Gasteiger partial charge on any atom is -0.381 e. The molecule has 1 aliphatic rings. The minimum atomic E-state index is 0.733. The Bertz CT molecular complexity index is 1490. The Hall–Kier alpha value is -3.96. The zero-order valence-corrected chi connectivity index (χ0v) is 22.8. The molecular formula is C34H37N5. The zero-order chi connectivity index (χ0) is 26.4. The van der Waals surface area contributed by atoms with Crippen LogP contribution in [0.25, 0.3) is 16.9 Å². The molecule has 0 atom stereocenters. The number of anilines is 1. The Kier molecular flexibility index (Phi) is 7.68. The van der Waals surface area contributed by atoms with Crippen molar-refractivity contribution in [3.63, 3.8) is 0 Å². The maximum atomic E-state index is 4.89. The number of pyridine rings is 1. The van der Waals surface area contributed by atoms with Gasteiger partial charge in [0.25, 0.3) is 0 Å². The van der Waals surface area contributed by atoms with Gasteiger partial charge in [0.1, 0.15) is 0 Å². The molecule has 0 saturated carbocycles. The SMILES string of the molecule is Cc1ccc(CNc2ccc(-c3cccc4nc(Cc5ccc(CCCN6CCCC6)cc5)nn34)cc2)cc1. The number of aromatic nitrogens is 3. The van der Waals surface area contributed by atoms with Crippen LogP contribution >= 0.6 is 0 Å². The van der Waals surface area contributed by atoms with Gasteiger partial charge in [-0.3, -0.25) is 0 Å². The van der Waals surface area contributed by atoms with Crippen molar-refractivity contribution in [2.45, 2.75) is 45.6 Å². The molecule has 0 spiro atoms. The molecule has 0 aliphatic carbocycles. The predicted octanol–water partition coefficient (Wildman–Crippen LogP) is 6.94. The fraction of sp³-hybridized carbons (Fsp3) is 0.294. The van der Waals surface area contributed by atoms with Gasteiger partial charge < -0.3 is 10.2 Å². The monoisotopic (exact) mass is 515 g/mol. The number of benzene rings is 3. The number of likely N-dealkylation sites (tertiary alicyclic amines) is 1. The van der Waals surface area contributed by atoms with Gasteiger partial charge in [-0.2, -0.15) is 5.10 Å². The maximum Gasteiger partial charge on any atom is 0.156 e. The standard InChI is InChI=1S/C34H37N5/c1-26-9-11-29(12-10-26)25-35-31-19-17-30(18-20-31)32-7-4-8-34-36-33(37-39(32)34)24-28-15-13-27(14-16-28)6-5-23-38-21-2-3-22-38/h4,7-20,35H,2-3,5-6,21-25H2,1H3. The van der Waals surface area contributed by atoms with Crippen molar-refractivity contribution in [2.75, 3.05) is 25.0 Å². The number of fused-ring (bicyclic) bond motifs is 1. The number of nitrogens with one attached hydrogen (secondary N) is 1. The summed E-state index contributed by atoms with van der Waals surface area (Å²) in [7, 11) is 0. The highest BCUT2D eigenvalue weighted by Crippen LogP contribution is 2.23. The minimum absolute atomic E-state index is 0.733. The topological polar surface area (TPSA) is 45.5 Å². The number of hydrogen-bond donors (Lipinski definition) is 1. The van der Waals surface area contributed by atoms with E-state index >= 15 is 0 Å². The summed E-state index contributed by atoms with van der Waals surface area (Å²) in [4.78, 5) is 7.42. The average molecular weight is 516 g/mol. The summed E-state index contributed by atoms with van der Waals surface area (Å²) in [5.41, 5.74) is 9.37. The van der Waals surface area contributed by atoms with Crippen LogP contribution in [0, 0.1) is 6.92 Å². The molecule has 2 aromatic heterocycles. The van der Waals surface area contributed by atoms with Crippen LogP contribution in [-0.2, 0) is 19.4 Å². The number of rotatable bonds is 10. The summed E-state index contributed by atoms with van der Waals surface area (Å²) in [6.07, 6.45) is 5.85. The van der Waals surface area contributed by atoms with Gasteiger partial charge >= 0.3 is 0 Å². The molecule has 0 bridgehead atoms. The van der Waals surface area contributed by atoms with E-state index in [1.807, 2.05) is 10.6 Å². The molecule has 1 N–H and O–H groups in total. The van der Waals surface area contributed by atoms with E-state index in [1.54, 1.807) is 0 Å². The second-order valence-corrected chi connectivity index (χ2v) is 10.8. The van der Waals surface area contributed by atoms with Gasteiger partial charge in [-0.05, 0) is 93.2 Å². The van der Waals surface area contributed by atoms with E-state index in [4.69, 9.17) is 10.1 Å². The summed E-state index contributed by atoms with van der Waals surface area (Å²) in [5, 5.41) is 8.41. The van der Waals surface area contributed by atoms with Gasteiger partial charge in [-0.15, -0.1) is 0 Å². The Balaban J connectivity index is 1.09. The van der Waals surface area contributed by atoms with E-state index in [1.165, 1.54) is 61.2 Å². The molecule has 6 rings (SSSR count). The summed E-state index contributed by atoms with van der Waals surface area (Å²) in [6, 6.07) is 32.4. The highest BCUT2D eigenvalue weighted by Gasteiger charge is 2.12. The Morgan fingerprint density at radius 2 is 1.49 bits per heavy atom. The molecule has 198 valence electrons. The molecule has 5 nitrogen and oxygen atoms in total. The summed E-state index contributed by atoms with van der Waals surface area (Å²) in [5.74, 6) is 0.848. The summed E-state index contributed by atoms with van der Waals surface area (Å²) >= 11 is 0. The van der Waals surface area contributed by atoms with E-state index in [-0.39, 0.29) is 0 Å². The van der Waals surface area contributed by atoms with Crippen molar-refractivity contribution >= 4 is 11.3 Å². The second kappa shape index (κ2) is 11.8. The van der Waals surface area contributed by atoms with Crippen molar-refractivity contribution in [3.8, 4) is 11.3 Å². The molecule has 1 fully saturated rings. The van der Waals surface area contributed by atoms with Crippen molar-refractivity contribution < 1.29 is 0 Å². The van der Waals surface area contributed by atoms with Gasteiger partial charge in [0.15, 0.2) is 11.5 Å². The Morgan fingerprint density at radius 3 is 2.26 bits per heavy atom. The van der Waals surface area contributed by atoms with E-state index in [0.717, 1.165) is 47.8 Å². The lowest BCUT2D eigenvalue weighted by Crippen LogP contribution is -2.20. The van der Waals surface area contributed by atoms with E-state index in [9.17, 15) is 0 Å². The van der Waals surface area contributed by atoms with Gasteiger partial charge in [0.2, 0.25) is 0 Å². The fourth-order valence-electron chi connectivity index (χ4n) is 5.43. The zero-order valence-electron chi connectivity index (χ0n) is 22.8. The average Bonchev–Trinajstić information content (AvgIpc) is 3.64. The molecule has 5 aromatic rings. The van der Waals surface area contributed by atoms with Crippen LogP contribution in [0.2, 0.25) is 0 Å². The third-order valence-corrected chi connectivity index (χ3v) is 7.73. The van der Waals surface area contributed by atoms with Crippen molar-refractivity contribution in [1.29, 1.82) is 0 Å². The van der Waals surface area contributed by atoms with Crippen LogP contribution in [-0.4, -0.2) is 39.1 Å². The van der Waals surface area contributed by atoms with E-state index < -0.39 is 0 Å². The smallest absolute Gasteiger partial charge is 0.156 e. The molecule has 39 heavy (non-hydrogen) atoms. The normalized spacial score (nSPS) is 13.8. The molecule has 1 saturated heterocycles. The molecule has 0 unspecified atom stereocenters. The first kappa shape index (κ1) is 25.3. The van der Waals surface area contributed by atoms with Gasteiger partial charge in [0, 0.05) is 24.2 Å². The van der Waals surface area contributed by atoms with Crippen LogP contribution < -0.4 is 5.32 Å². The van der Waals surface area contributed by atoms with Crippen molar-refractivity contribution in [1.82, 2.24) is 19.5 Å². The van der Waals surface area contributed by atoms with Crippen molar-refractivity contribution in [3.05, 3.63) is 119 Å². The Labute approximate surface area is 231 Å². The quantitative estimate of drug-likeness (QED) is 0.219.